The van der Waals surface area contributed by atoms with Crippen LogP contribution in [0.25, 0.3) is 0 Å². The normalized spacial score (nSPS) is 8.70. The lowest BCUT2D eigenvalue weighted by molar-refractivity contribution is -0.385. The van der Waals surface area contributed by atoms with Crippen molar-refractivity contribution in [2.24, 2.45) is 0 Å². The molecular weight excluding hydrogens is 286 g/mol. The lowest BCUT2D eigenvalue weighted by atomic mass is 10.2. The average Bonchev–Trinajstić information content (AvgIpc) is 2.41. The van der Waals surface area contributed by atoms with Gasteiger partial charge in [-0.15, -0.1) is 0 Å². The number of benzene rings is 1. The molecule has 1 rings (SSSR count). The maximum absolute atomic E-state index is 10.7. The van der Waals surface area contributed by atoms with Crippen LogP contribution in [0.1, 0.15) is 0 Å². The number of anilines is 1. The molecule has 0 heterocycles. The topological polar surface area (TPSA) is 147 Å². The molecule has 9 heteroatoms. The standard InChI is InChI=1S/C11H4ClN5O3/c12-7-1-8(11(18)10(2-7)17(19)20)16-9(5-15)6(3-13)4-14/h1-2,16,18H. The fraction of sp³-hybridized carbons (Fsp3) is 0. The lowest BCUT2D eigenvalue weighted by Crippen LogP contribution is -2.02. The van der Waals surface area contributed by atoms with E-state index in [4.69, 9.17) is 27.4 Å². The quantitative estimate of drug-likeness (QED) is 0.375. The van der Waals surface area contributed by atoms with E-state index >= 15 is 0 Å². The molecule has 8 nitrogen and oxygen atoms in total. The van der Waals surface area contributed by atoms with Crippen LogP contribution in [-0.2, 0) is 0 Å². The Morgan fingerprint density at radius 1 is 1.30 bits per heavy atom. The van der Waals surface area contributed by atoms with Crippen LogP contribution in [0.2, 0.25) is 5.02 Å². The summed E-state index contributed by atoms with van der Waals surface area (Å²) in [4.78, 5) is 9.84. The van der Waals surface area contributed by atoms with Gasteiger partial charge in [-0.2, -0.15) is 15.8 Å². The number of rotatable bonds is 3. The van der Waals surface area contributed by atoms with E-state index < -0.39 is 27.6 Å². The summed E-state index contributed by atoms with van der Waals surface area (Å²) < 4.78 is 0. The van der Waals surface area contributed by atoms with Crippen LogP contribution in [0.4, 0.5) is 11.4 Å². The molecule has 0 saturated carbocycles. The molecule has 0 atom stereocenters. The number of hydrogen-bond donors (Lipinski definition) is 2. The van der Waals surface area contributed by atoms with Crippen LogP contribution in [-0.4, -0.2) is 10.0 Å². The first-order chi connectivity index (χ1) is 9.44. The third kappa shape index (κ3) is 2.94. The summed E-state index contributed by atoms with van der Waals surface area (Å²) in [6.45, 7) is 0. The van der Waals surface area contributed by atoms with Gasteiger partial charge in [0, 0.05) is 11.1 Å². The van der Waals surface area contributed by atoms with Gasteiger partial charge in [-0.3, -0.25) is 10.1 Å². The number of nitro benzene ring substituents is 1. The first-order valence-corrected chi connectivity index (χ1v) is 5.20. The zero-order valence-electron chi connectivity index (χ0n) is 9.59. The van der Waals surface area contributed by atoms with Gasteiger partial charge in [-0.05, 0) is 6.07 Å². The predicted molar refractivity (Wildman–Crippen MR) is 67.3 cm³/mol. The van der Waals surface area contributed by atoms with Crippen LogP contribution < -0.4 is 5.32 Å². The van der Waals surface area contributed by atoms with E-state index in [-0.39, 0.29) is 10.7 Å². The highest BCUT2D eigenvalue weighted by Gasteiger charge is 2.20. The number of allylic oxidation sites excluding steroid dienone is 2. The summed E-state index contributed by atoms with van der Waals surface area (Å²) in [7, 11) is 0. The molecule has 1 aromatic carbocycles. The van der Waals surface area contributed by atoms with Crippen molar-refractivity contribution >= 4 is 23.0 Å². The van der Waals surface area contributed by atoms with Crippen LogP contribution in [0.15, 0.2) is 23.4 Å². The number of nitrogens with zero attached hydrogens (tertiary/aromatic N) is 4. The molecule has 20 heavy (non-hydrogen) atoms. The first-order valence-electron chi connectivity index (χ1n) is 4.83. The van der Waals surface area contributed by atoms with Crippen molar-refractivity contribution in [3.05, 3.63) is 38.5 Å². The summed E-state index contributed by atoms with van der Waals surface area (Å²) in [5.74, 6) is -0.762. The minimum atomic E-state index is -0.863. The minimum Gasteiger partial charge on any atom is -0.501 e. The van der Waals surface area contributed by atoms with Gasteiger partial charge in [-0.1, -0.05) is 11.6 Å². The Bertz CT molecular complexity index is 720. The average molecular weight is 290 g/mol. The lowest BCUT2D eigenvalue weighted by Gasteiger charge is -2.07. The Hall–Kier alpha value is -3.28. The van der Waals surface area contributed by atoms with Gasteiger partial charge >= 0.3 is 5.69 Å². The van der Waals surface area contributed by atoms with E-state index in [0.29, 0.717) is 0 Å². The minimum absolute atomic E-state index is 0.0650. The smallest absolute Gasteiger partial charge is 0.314 e. The van der Waals surface area contributed by atoms with Crippen molar-refractivity contribution in [3.8, 4) is 24.0 Å². The number of halogens is 1. The van der Waals surface area contributed by atoms with Crippen molar-refractivity contribution in [2.45, 2.75) is 0 Å². The molecule has 2 N–H and O–H groups in total. The molecular formula is C11H4ClN5O3. The summed E-state index contributed by atoms with van der Waals surface area (Å²) in [6, 6.07) is 6.55. The third-order valence-electron chi connectivity index (χ3n) is 2.10. The highest BCUT2D eigenvalue weighted by molar-refractivity contribution is 6.31. The first kappa shape index (κ1) is 14.8. The second-order valence-electron chi connectivity index (χ2n) is 3.29. The monoisotopic (exact) mass is 289 g/mol. The Balaban J connectivity index is 3.41. The highest BCUT2D eigenvalue weighted by Crippen LogP contribution is 2.37. The molecule has 0 spiro atoms. The van der Waals surface area contributed by atoms with Crippen molar-refractivity contribution < 1.29 is 10.0 Å². The molecule has 0 aliphatic heterocycles. The number of nitrogens with one attached hydrogen (secondary N) is 1. The molecule has 0 bridgehead atoms. The number of phenolic OH excluding ortho intramolecular Hbond substituents is 1. The zero-order valence-corrected chi connectivity index (χ0v) is 10.3. The maximum Gasteiger partial charge on any atom is 0.314 e. The Kier molecular flexibility index (Phi) is 4.47. The van der Waals surface area contributed by atoms with Crippen LogP contribution in [0.5, 0.6) is 5.75 Å². The molecule has 98 valence electrons. The Morgan fingerprint density at radius 3 is 2.35 bits per heavy atom. The predicted octanol–water partition coefficient (Wildman–Crippen LogP) is 2.19. The molecule has 0 aromatic heterocycles. The SMILES string of the molecule is N#CC(C#N)=C(C#N)Nc1cc(Cl)cc([N+](=O)[O-])c1O. The number of nitriles is 3. The van der Waals surface area contributed by atoms with E-state index in [0.717, 1.165) is 12.1 Å². The van der Waals surface area contributed by atoms with E-state index in [9.17, 15) is 15.2 Å². The van der Waals surface area contributed by atoms with Crippen LogP contribution in [0.3, 0.4) is 0 Å². The fourth-order valence-electron chi connectivity index (χ4n) is 1.24. The van der Waals surface area contributed by atoms with Gasteiger partial charge in [0.05, 0.1) is 10.6 Å². The number of hydrogen-bond acceptors (Lipinski definition) is 7. The van der Waals surface area contributed by atoms with Gasteiger partial charge in [0.15, 0.2) is 5.57 Å². The van der Waals surface area contributed by atoms with Gasteiger partial charge in [-0.25, -0.2) is 0 Å². The van der Waals surface area contributed by atoms with E-state index in [1.54, 1.807) is 6.07 Å². The summed E-state index contributed by atoms with van der Waals surface area (Å²) in [5.41, 5.74) is -1.92. The molecule has 1 aromatic rings. The summed E-state index contributed by atoms with van der Waals surface area (Å²) in [6.07, 6.45) is 0. The summed E-state index contributed by atoms with van der Waals surface area (Å²) in [5, 5.41) is 48.7. The van der Waals surface area contributed by atoms with Crippen molar-refractivity contribution in [1.29, 1.82) is 15.8 Å². The van der Waals surface area contributed by atoms with Gasteiger partial charge in [0.1, 0.15) is 23.9 Å². The fourth-order valence-corrected chi connectivity index (χ4v) is 1.45. The molecule has 0 aliphatic carbocycles. The van der Waals surface area contributed by atoms with Crippen molar-refractivity contribution in [2.75, 3.05) is 5.32 Å². The number of phenols is 1. The number of aromatic hydroxyl groups is 1. The zero-order chi connectivity index (χ0) is 15.3. The van der Waals surface area contributed by atoms with Crippen LogP contribution >= 0.6 is 11.6 Å². The van der Waals surface area contributed by atoms with Crippen molar-refractivity contribution in [1.82, 2.24) is 0 Å². The second kappa shape index (κ2) is 6.05. The van der Waals surface area contributed by atoms with Gasteiger partial charge < -0.3 is 10.4 Å². The molecule has 0 amide bonds. The Morgan fingerprint density at radius 2 is 1.90 bits per heavy atom. The van der Waals surface area contributed by atoms with Crippen LogP contribution in [0, 0.1) is 44.1 Å². The largest absolute Gasteiger partial charge is 0.501 e. The third-order valence-corrected chi connectivity index (χ3v) is 2.31. The maximum atomic E-state index is 10.7. The van der Waals surface area contributed by atoms with E-state index in [1.165, 1.54) is 12.1 Å². The Labute approximate surface area is 117 Å². The van der Waals surface area contributed by atoms with Gasteiger partial charge in [0.2, 0.25) is 5.75 Å². The molecule has 0 radical (unpaired) electrons. The van der Waals surface area contributed by atoms with E-state index in [1.807, 2.05) is 0 Å². The van der Waals surface area contributed by atoms with Gasteiger partial charge in [0.25, 0.3) is 0 Å². The highest BCUT2D eigenvalue weighted by atomic mass is 35.5. The molecule has 0 aliphatic rings. The van der Waals surface area contributed by atoms with Crippen molar-refractivity contribution in [3.63, 3.8) is 0 Å². The molecule has 0 unspecified atom stereocenters. The molecule has 0 fully saturated rings. The summed E-state index contributed by atoms with van der Waals surface area (Å²) >= 11 is 5.66. The molecule has 0 saturated heterocycles. The number of nitro groups is 1. The second-order valence-corrected chi connectivity index (χ2v) is 3.73. The van der Waals surface area contributed by atoms with E-state index in [2.05, 4.69) is 5.32 Å².